The number of methoxy groups -OCH3 is 1. The Morgan fingerprint density at radius 3 is 2.60 bits per heavy atom. The van der Waals surface area contributed by atoms with Crippen molar-refractivity contribution >= 4 is 34.8 Å². The second-order valence-electron chi connectivity index (χ2n) is 3.76. The minimum atomic E-state index is -0.580. The maximum atomic E-state index is 11.9. The average molecular weight is 314 g/mol. The van der Waals surface area contributed by atoms with Gasteiger partial charge in [-0.3, -0.25) is 9.59 Å². The predicted octanol–water partition coefficient (Wildman–Crippen LogP) is 3.21. The zero-order valence-electron chi connectivity index (χ0n) is 10.3. The summed E-state index contributed by atoms with van der Waals surface area (Å²) < 4.78 is 9.78. The predicted molar refractivity (Wildman–Crippen MR) is 75.9 cm³/mol. The zero-order chi connectivity index (χ0) is 14.7. The smallest absolute Gasteiger partial charge is 0.291 e. The summed E-state index contributed by atoms with van der Waals surface area (Å²) >= 11 is 11.6. The lowest BCUT2D eigenvalue weighted by molar-refractivity contribution is 0.0993. The Morgan fingerprint density at radius 1 is 1.25 bits per heavy atom. The minimum absolute atomic E-state index is 0.0242. The molecule has 7 heteroatoms. The van der Waals surface area contributed by atoms with Crippen LogP contribution >= 0.6 is 23.2 Å². The maximum absolute atomic E-state index is 11.9. The third-order valence-corrected chi connectivity index (χ3v) is 3.16. The summed E-state index contributed by atoms with van der Waals surface area (Å²) in [5.74, 6) is -0.693. The summed E-state index contributed by atoms with van der Waals surface area (Å²) in [7, 11) is 1.34. The van der Waals surface area contributed by atoms with Crippen molar-refractivity contribution in [2.24, 2.45) is 0 Å². The van der Waals surface area contributed by atoms with Crippen LogP contribution in [0.1, 0.15) is 10.6 Å². The minimum Gasteiger partial charge on any atom is -0.490 e. The molecule has 0 aliphatic carbocycles. The molecule has 0 saturated heterocycles. The van der Waals surface area contributed by atoms with Crippen LogP contribution in [0.2, 0.25) is 10.0 Å². The van der Waals surface area contributed by atoms with E-state index in [1.54, 1.807) is 12.1 Å². The van der Waals surface area contributed by atoms with Gasteiger partial charge in [-0.15, -0.1) is 0 Å². The van der Waals surface area contributed by atoms with E-state index in [0.29, 0.717) is 15.7 Å². The van der Waals surface area contributed by atoms with Crippen LogP contribution in [0, 0.1) is 0 Å². The molecule has 0 bridgehead atoms. The molecule has 0 radical (unpaired) electrons. The molecule has 1 amide bonds. The molecule has 1 aromatic heterocycles. The topological polar surface area (TPSA) is 68.5 Å². The first-order valence-corrected chi connectivity index (χ1v) is 6.20. The number of nitrogens with one attached hydrogen (secondary N) is 1. The second kappa shape index (κ2) is 5.98. The summed E-state index contributed by atoms with van der Waals surface area (Å²) in [5.41, 5.74) is -0.0131. The fourth-order valence-electron chi connectivity index (χ4n) is 1.43. The third-order valence-electron chi connectivity index (χ3n) is 2.42. The number of carbonyl (C=O) groups is 1. The molecule has 0 fully saturated rings. The zero-order valence-corrected chi connectivity index (χ0v) is 11.8. The first-order chi connectivity index (χ1) is 9.51. The van der Waals surface area contributed by atoms with E-state index in [1.807, 2.05) is 0 Å². The monoisotopic (exact) mass is 313 g/mol. The van der Waals surface area contributed by atoms with Gasteiger partial charge < -0.3 is 14.5 Å². The van der Waals surface area contributed by atoms with Crippen molar-refractivity contribution < 1.29 is 13.9 Å². The SMILES string of the molecule is COc1coc(C(=O)Nc2ccc(Cl)c(Cl)c2)cc1=O. The van der Waals surface area contributed by atoms with E-state index in [-0.39, 0.29) is 11.5 Å². The lowest BCUT2D eigenvalue weighted by Crippen LogP contribution is -2.15. The highest BCUT2D eigenvalue weighted by molar-refractivity contribution is 6.42. The summed E-state index contributed by atoms with van der Waals surface area (Å²) in [6, 6.07) is 5.66. The van der Waals surface area contributed by atoms with Gasteiger partial charge in [0.25, 0.3) is 5.91 Å². The highest BCUT2D eigenvalue weighted by atomic mass is 35.5. The van der Waals surface area contributed by atoms with Gasteiger partial charge in [0.2, 0.25) is 11.2 Å². The van der Waals surface area contributed by atoms with Crippen LogP contribution < -0.4 is 15.5 Å². The highest BCUT2D eigenvalue weighted by Crippen LogP contribution is 2.25. The van der Waals surface area contributed by atoms with E-state index in [1.165, 1.54) is 13.2 Å². The van der Waals surface area contributed by atoms with Gasteiger partial charge in [-0.2, -0.15) is 0 Å². The van der Waals surface area contributed by atoms with Crippen molar-refractivity contribution in [3.63, 3.8) is 0 Å². The number of halogens is 2. The first kappa shape index (κ1) is 14.4. The third kappa shape index (κ3) is 3.12. The van der Waals surface area contributed by atoms with E-state index < -0.39 is 11.3 Å². The molecule has 1 N–H and O–H groups in total. The van der Waals surface area contributed by atoms with Gasteiger partial charge in [-0.05, 0) is 18.2 Å². The Balaban J connectivity index is 2.21. The van der Waals surface area contributed by atoms with Crippen LogP contribution in [-0.2, 0) is 0 Å². The Morgan fingerprint density at radius 2 is 2.00 bits per heavy atom. The van der Waals surface area contributed by atoms with Crippen LogP contribution in [-0.4, -0.2) is 13.0 Å². The molecule has 1 aromatic carbocycles. The quantitative estimate of drug-likeness (QED) is 0.944. The molecule has 0 saturated carbocycles. The Bertz CT molecular complexity index is 712. The van der Waals surface area contributed by atoms with E-state index in [9.17, 15) is 9.59 Å². The van der Waals surface area contributed by atoms with Crippen molar-refractivity contribution in [2.75, 3.05) is 12.4 Å². The van der Waals surface area contributed by atoms with Gasteiger partial charge in [-0.25, -0.2) is 0 Å². The van der Waals surface area contributed by atoms with Gasteiger partial charge >= 0.3 is 0 Å². The number of amides is 1. The molecule has 0 aliphatic rings. The number of ether oxygens (including phenoxy) is 1. The molecular formula is C13H9Cl2NO4. The molecule has 2 aromatic rings. The Hall–Kier alpha value is -1.98. The summed E-state index contributed by atoms with van der Waals surface area (Å²) in [6.45, 7) is 0. The number of hydrogen-bond acceptors (Lipinski definition) is 4. The fourth-order valence-corrected chi connectivity index (χ4v) is 1.73. The summed E-state index contributed by atoms with van der Waals surface area (Å²) in [6.07, 6.45) is 1.08. The molecule has 0 aliphatic heterocycles. The lowest BCUT2D eigenvalue weighted by atomic mass is 10.3. The molecular weight excluding hydrogens is 305 g/mol. The second-order valence-corrected chi connectivity index (χ2v) is 4.57. The molecule has 20 heavy (non-hydrogen) atoms. The molecule has 0 atom stereocenters. The first-order valence-electron chi connectivity index (χ1n) is 5.44. The maximum Gasteiger partial charge on any atom is 0.291 e. The standard InChI is InChI=1S/C13H9Cl2NO4/c1-19-12-6-20-11(5-10(12)17)13(18)16-7-2-3-8(14)9(15)4-7/h2-6H,1H3,(H,16,18). The van der Waals surface area contributed by atoms with Crippen molar-refractivity contribution in [3.05, 3.63) is 56.6 Å². The van der Waals surface area contributed by atoms with Crippen LogP contribution in [0.15, 0.2) is 39.7 Å². The van der Waals surface area contributed by atoms with Crippen molar-refractivity contribution in [2.45, 2.75) is 0 Å². The van der Waals surface area contributed by atoms with Crippen LogP contribution in [0.5, 0.6) is 5.75 Å². The summed E-state index contributed by atoms with van der Waals surface area (Å²) in [5, 5.41) is 3.22. The number of anilines is 1. The van der Waals surface area contributed by atoms with Gasteiger partial charge in [0.15, 0.2) is 5.76 Å². The lowest BCUT2D eigenvalue weighted by Gasteiger charge is -2.06. The van der Waals surface area contributed by atoms with E-state index in [4.69, 9.17) is 32.4 Å². The average Bonchev–Trinajstić information content (AvgIpc) is 2.42. The van der Waals surface area contributed by atoms with E-state index >= 15 is 0 Å². The molecule has 2 rings (SSSR count). The fraction of sp³-hybridized carbons (Fsp3) is 0.0769. The number of carbonyl (C=O) groups excluding carboxylic acids is 1. The molecule has 0 unspecified atom stereocenters. The normalized spacial score (nSPS) is 10.2. The van der Waals surface area contributed by atoms with Gasteiger partial charge in [0.1, 0.15) is 6.26 Å². The Kier molecular flexibility index (Phi) is 4.32. The van der Waals surface area contributed by atoms with Gasteiger partial charge in [0, 0.05) is 11.8 Å². The number of hydrogen-bond donors (Lipinski definition) is 1. The van der Waals surface area contributed by atoms with E-state index in [0.717, 1.165) is 12.3 Å². The highest BCUT2D eigenvalue weighted by Gasteiger charge is 2.12. The molecule has 5 nitrogen and oxygen atoms in total. The number of rotatable bonds is 3. The molecule has 104 valence electrons. The van der Waals surface area contributed by atoms with Crippen LogP contribution in [0.3, 0.4) is 0 Å². The van der Waals surface area contributed by atoms with Crippen LogP contribution in [0.25, 0.3) is 0 Å². The number of benzene rings is 1. The Labute approximate surface area is 124 Å². The largest absolute Gasteiger partial charge is 0.490 e. The van der Waals surface area contributed by atoms with Crippen molar-refractivity contribution in [1.82, 2.24) is 0 Å². The molecule has 1 heterocycles. The van der Waals surface area contributed by atoms with Crippen molar-refractivity contribution in [1.29, 1.82) is 0 Å². The van der Waals surface area contributed by atoms with Gasteiger partial charge in [-0.1, -0.05) is 23.2 Å². The summed E-state index contributed by atoms with van der Waals surface area (Å²) in [4.78, 5) is 23.4. The molecule has 0 spiro atoms. The van der Waals surface area contributed by atoms with Crippen molar-refractivity contribution in [3.8, 4) is 5.75 Å². The van der Waals surface area contributed by atoms with E-state index in [2.05, 4.69) is 5.32 Å². The van der Waals surface area contributed by atoms with Crippen LogP contribution in [0.4, 0.5) is 5.69 Å². The van der Waals surface area contributed by atoms with Gasteiger partial charge in [0.05, 0.1) is 17.2 Å².